The van der Waals surface area contributed by atoms with Gasteiger partial charge in [0.25, 0.3) is 0 Å². The summed E-state index contributed by atoms with van der Waals surface area (Å²) in [6, 6.07) is 0.859. The summed E-state index contributed by atoms with van der Waals surface area (Å²) in [4.78, 5) is 0. The molecule has 0 aromatic rings. The van der Waals surface area contributed by atoms with Crippen molar-refractivity contribution in [2.24, 2.45) is 23.5 Å². The fourth-order valence-electron chi connectivity index (χ4n) is 3.09. The van der Waals surface area contributed by atoms with E-state index in [2.05, 4.69) is 26.1 Å². The van der Waals surface area contributed by atoms with Crippen LogP contribution < -0.4 is 11.1 Å². The molecule has 5 unspecified atom stereocenters. The predicted octanol–water partition coefficient (Wildman–Crippen LogP) is 1.99. The second-order valence-corrected chi connectivity index (χ2v) is 5.19. The van der Waals surface area contributed by atoms with Gasteiger partial charge < -0.3 is 11.1 Å². The van der Waals surface area contributed by atoms with E-state index in [1.807, 2.05) is 7.05 Å². The molecule has 0 bridgehead atoms. The van der Waals surface area contributed by atoms with Crippen molar-refractivity contribution < 1.29 is 0 Å². The highest BCUT2D eigenvalue weighted by molar-refractivity contribution is 4.88. The van der Waals surface area contributed by atoms with E-state index in [4.69, 9.17) is 5.73 Å². The van der Waals surface area contributed by atoms with Crippen LogP contribution in [0.25, 0.3) is 0 Å². The molecule has 0 aliphatic heterocycles. The monoisotopic (exact) mass is 198 g/mol. The molecule has 84 valence electrons. The average molecular weight is 198 g/mol. The maximum absolute atomic E-state index is 6.10. The minimum atomic E-state index is 0.313. The van der Waals surface area contributed by atoms with E-state index in [9.17, 15) is 0 Å². The molecule has 2 nitrogen and oxygen atoms in total. The Morgan fingerprint density at radius 2 is 1.93 bits per heavy atom. The molecule has 1 aliphatic rings. The summed E-state index contributed by atoms with van der Waals surface area (Å²) in [7, 11) is 2.04. The molecular formula is C12H26N2. The van der Waals surface area contributed by atoms with Crippen LogP contribution in [0.4, 0.5) is 0 Å². The van der Waals surface area contributed by atoms with Crippen molar-refractivity contribution >= 4 is 0 Å². The molecule has 1 fully saturated rings. The Hall–Kier alpha value is -0.0800. The first-order valence-corrected chi connectivity index (χ1v) is 5.99. The molecule has 0 aromatic carbocycles. The Labute approximate surface area is 88.6 Å². The number of rotatable bonds is 4. The fourth-order valence-corrected chi connectivity index (χ4v) is 3.09. The van der Waals surface area contributed by atoms with Crippen LogP contribution in [-0.2, 0) is 0 Å². The summed E-state index contributed by atoms with van der Waals surface area (Å²) < 4.78 is 0. The van der Waals surface area contributed by atoms with Crippen LogP contribution in [0.1, 0.15) is 40.0 Å². The zero-order valence-corrected chi connectivity index (χ0v) is 10.1. The van der Waals surface area contributed by atoms with Gasteiger partial charge in [0.2, 0.25) is 0 Å². The Bertz CT molecular complexity index is 168. The Morgan fingerprint density at radius 3 is 2.29 bits per heavy atom. The normalized spacial score (nSPS) is 34.1. The van der Waals surface area contributed by atoms with Crippen LogP contribution in [-0.4, -0.2) is 19.1 Å². The summed E-state index contributed by atoms with van der Waals surface area (Å²) in [6.07, 6.45) is 4.14. The van der Waals surface area contributed by atoms with Crippen molar-refractivity contribution in [1.82, 2.24) is 5.32 Å². The first-order valence-electron chi connectivity index (χ1n) is 5.99. The van der Waals surface area contributed by atoms with Gasteiger partial charge in [-0.3, -0.25) is 0 Å². The predicted molar refractivity (Wildman–Crippen MR) is 62.2 cm³/mol. The zero-order valence-electron chi connectivity index (χ0n) is 10.1. The van der Waals surface area contributed by atoms with Gasteiger partial charge in [0.15, 0.2) is 0 Å². The topological polar surface area (TPSA) is 38.0 Å². The molecule has 5 atom stereocenters. The third kappa shape index (κ3) is 2.71. The lowest BCUT2D eigenvalue weighted by atomic mass is 9.80. The zero-order chi connectivity index (χ0) is 10.7. The summed E-state index contributed by atoms with van der Waals surface area (Å²) >= 11 is 0. The van der Waals surface area contributed by atoms with Gasteiger partial charge in [-0.2, -0.15) is 0 Å². The van der Waals surface area contributed by atoms with E-state index in [0.717, 1.165) is 11.8 Å². The highest BCUT2D eigenvalue weighted by atomic mass is 14.9. The van der Waals surface area contributed by atoms with Gasteiger partial charge in [0, 0.05) is 12.1 Å². The van der Waals surface area contributed by atoms with E-state index in [0.29, 0.717) is 18.0 Å². The highest BCUT2D eigenvalue weighted by Gasteiger charge is 2.33. The van der Waals surface area contributed by atoms with Crippen molar-refractivity contribution in [3.05, 3.63) is 0 Å². The molecule has 0 amide bonds. The van der Waals surface area contributed by atoms with Crippen LogP contribution in [0.15, 0.2) is 0 Å². The van der Waals surface area contributed by atoms with Gasteiger partial charge in [-0.15, -0.1) is 0 Å². The Balaban J connectivity index is 2.58. The Kier molecular flexibility index (Phi) is 4.39. The lowest BCUT2D eigenvalue weighted by Crippen LogP contribution is -2.44. The fraction of sp³-hybridized carbons (Fsp3) is 1.00. The van der Waals surface area contributed by atoms with Crippen molar-refractivity contribution in [2.75, 3.05) is 7.05 Å². The number of hydrogen-bond donors (Lipinski definition) is 2. The largest absolute Gasteiger partial charge is 0.328 e. The third-order valence-electron chi connectivity index (χ3n) is 3.92. The van der Waals surface area contributed by atoms with Crippen LogP contribution >= 0.6 is 0 Å². The molecule has 0 heterocycles. The van der Waals surface area contributed by atoms with Crippen molar-refractivity contribution in [2.45, 2.75) is 52.1 Å². The average Bonchev–Trinajstić information content (AvgIpc) is 2.51. The molecule has 0 aromatic heterocycles. The standard InChI is InChI=1S/C12H26N2/c1-8-5-6-11(7-8)12(9(2)13)10(3)14-4/h8-12,14H,5-7,13H2,1-4H3. The molecule has 14 heavy (non-hydrogen) atoms. The minimum absolute atomic E-state index is 0.313. The lowest BCUT2D eigenvalue weighted by molar-refractivity contribution is 0.232. The van der Waals surface area contributed by atoms with Crippen LogP contribution in [0.3, 0.4) is 0 Å². The Morgan fingerprint density at radius 1 is 1.29 bits per heavy atom. The van der Waals surface area contributed by atoms with Gasteiger partial charge in [-0.05, 0) is 51.5 Å². The van der Waals surface area contributed by atoms with Crippen molar-refractivity contribution in [3.8, 4) is 0 Å². The maximum atomic E-state index is 6.10. The van der Waals surface area contributed by atoms with E-state index in [-0.39, 0.29) is 0 Å². The molecule has 3 N–H and O–H groups in total. The van der Waals surface area contributed by atoms with Gasteiger partial charge in [-0.1, -0.05) is 13.3 Å². The van der Waals surface area contributed by atoms with Gasteiger partial charge in [0.05, 0.1) is 0 Å². The molecule has 1 aliphatic carbocycles. The van der Waals surface area contributed by atoms with Crippen LogP contribution in [0, 0.1) is 17.8 Å². The SMILES string of the molecule is CNC(C)C(C(C)N)C1CCC(C)C1. The van der Waals surface area contributed by atoms with E-state index in [1.54, 1.807) is 0 Å². The number of nitrogens with one attached hydrogen (secondary N) is 1. The van der Waals surface area contributed by atoms with Gasteiger partial charge in [0.1, 0.15) is 0 Å². The van der Waals surface area contributed by atoms with Crippen LogP contribution in [0.5, 0.6) is 0 Å². The second kappa shape index (κ2) is 5.13. The third-order valence-corrected chi connectivity index (χ3v) is 3.92. The molecule has 1 rings (SSSR count). The molecule has 1 saturated carbocycles. The first kappa shape index (κ1) is 12.0. The maximum Gasteiger partial charge on any atom is 0.00813 e. The quantitative estimate of drug-likeness (QED) is 0.725. The van der Waals surface area contributed by atoms with Crippen LogP contribution in [0.2, 0.25) is 0 Å². The summed E-state index contributed by atoms with van der Waals surface area (Å²) in [5, 5.41) is 3.36. The molecule has 0 radical (unpaired) electrons. The summed E-state index contributed by atoms with van der Waals surface area (Å²) in [6.45, 7) is 6.78. The minimum Gasteiger partial charge on any atom is -0.328 e. The van der Waals surface area contributed by atoms with Crippen molar-refractivity contribution in [1.29, 1.82) is 0 Å². The van der Waals surface area contributed by atoms with Gasteiger partial charge >= 0.3 is 0 Å². The van der Waals surface area contributed by atoms with Crippen molar-refractivity contribution in [3.63, 3.8) is 0 Å². The van der Waals surface area contributed by atoms with E-state index >= 15 is 0 Å². The van der Waals surface area contributed by atoms with E-state index in [1.165, 1.54) is 19.3 Å². The first-order chi connectivity index (χ1) is 6.56. The number of hydrogen-bond acceptors (Lipinski definition) is 2. The molecule has 0 saturated heterocycles. The smallest absolute Gasteiger partial charge is 0.00813 e. The molecule has 2 heteroatoms. The number of nitrogens with two attached hydrogens (primary N) is 1. The van der Waals surface area contributed by atoms with Gasteiger partial charge in [-0.25, -0.2) is 0 Å². The second-order valence-electron chi connectivity index (χ2n) is 5.19. The summed E-state index contributed by atoms with van der Waals surface area (Å²) in [5.41, 5.74) is 6.10. The highest BCUT2D eigenvalue weighted by Crippen LogP contribution is 2.37. The van der Waals surface area contributed by atoms with E-state index < -0.39 is 0 Å². The molecular weight excluding hydrogens is 172 g/mol. The lowest BCUT2D eigenvalue weighted by Gasteiger charge is -2.32. The molecule has 0 spiro atoms. The summed E-state index contributed by atoms with van der Waals surface area (Å²) in [5.74, 6) is 2.39.